The van der Waals surface area contributed by atoms with Crippen LogP contribution in [0.25, 0.3) is 10.9 Å². The zero-order valence-corrected chi connectivity index (χ0v) is 19.2. The molecule has 0 saturated heterocycles. The number of furan rings is 1. The molecule has 0 spiro atoms. The summed E-state index contributed by atoms with van der Waals surface area (Å²) in [4.78, 5) is 17.6. The Morgan fingerprint density at radius 1 is 1.19 bits per heavy atom. The summed E-state index contributed by atoms with van der Waals surface area (Å²) in [6, 6.07) is 16.8. The Morgan fingerprint density at radius 3 is 2.75 bits per heavy atom. The number of para-hydroxylation sites is 2. The van der Waals surface area contributed by atoms with Crippen LogP contribution in [0.5, 0.6) is 5.75 Å². The number of ether oxygens (including phenoxy) is 1. The van der Waals surface area contributed by atoms with E-state index in [1.165, 1.54) is 0 Å². The molecule has 0 unspecified atom stereocenters. The number of rotatable bonds is 6. The number of aromatic nitrogens is 1. The Labute approximate surface area is 195 Å². The van der Waals surface area contributed by atoms with E-state index in [0.717, 1.165) is 22.4 Å². The van der Waals surface area contributed by atoms with Crippen molar-refractivity contribution >= 4 is 45.5 Å². The summed E-state index contributed by atoms with van der Waals surface area (Å²) in [5, 5.41) is 5.19. The van der Waals surface area contributed by atoms with Gasteiger partial charge in [-0.3, -0.25) is 4.79 Å². The fraction of sp³-hybridized carbons (Fsp3) is 0.167. The van der Waals surface area contributed by atoms with E-state index in [1.807, 2.05) is 60.4 Å². The number of nitrogens with zero attached hydrogens (tertiary/aromatic N) is 1. The first-order valence-electron chi connectivity index (χ1n) is 9.98. The summed E-state index contributed by atoms with van der Waals surface area (Å²) < 4.78 is 10.9. The molecule has 4 rings (SSSR count). The van der Waals surface area contributed by atoms with Crippen LogP contribution in [0, 0.1) is 6.92 Å². The van der Waals surface area contributed by atoms with Crippen molar-refractivity contribution < 1.29 is 9.15 Å². The summed E-state index contributed by atoms with van der Waals surface area (Å²) in [6.07, 6.45) is 1.61. The predicted molar refractivity (Wildman–Crippen MR) is 131 cm³/mol. The molecule has 8 heteroatoms. The van der Waals surface area contributed by atoms with Gasteiger partial charge in [0.2, 0.25) is 0 Å². The van der Waals surface area contributed by atoms with E-state index in [1.54, 1.807) is 19.4 Å². The number of thiocarbonyl (C=S) groups is 1. The molecule has 6 nitrogen and oxygen atoms in total. The van der Waals surface area contributed by atoms with E-state index < -0.39 is 0 Å². The molecule has 0 radical (unpaired) electrons. The standard InChI is InChI=1S/C24H22ClN3O3S/c1-15-10-16-11-17(23(29)26-21(16)12-19(15)25)13-28(14-18-6-5-9-31-18)24(32)27-20-7-3-4-8-22(20)30-2/h3-12H,13-14H2,1-2H3,(H,26,29)(H,27,32). The maximum absolute atomic E-state index is 12.8. The molecule has 0 fully saturated rings. The zero-order chi connectivity index (χ0) is 22.7. The first-order valence-corrected chi connectivity index (χ1v) is 10.8. The molecule has 4 aromatic rings. The second-order valence-corrected chi connectivity index (χ2v) is 8.17. The second kappa shape index (κ2) is 9.46. The summed E-state index contributed by atoms with van der Waals surface area (Å²) in [5.74, 6) is 1.40. The Hall–Kier alpha value is -3.29. The third-order valence-corrected chi connectivity index (χ3v) is 5.89. The average Bonchev–Trinajstić information content (AvgIpc) is 3.29. The van der Waals surface area contributed by atoms with Gasteiger partial charge in [0, 0.05) is 16.1 Å². The van der Waals surface area contributed by atoms with Crippen molar-refractivity contribution in [3.05, 3.63) is 93.1 Å². The Kier molecular flexibility index (Phi) is 6.48. The number of H-pyrrole nitrogens is 1. The Bertz CT molecular complexity index is 1320. The summed E-state index contributed by atoms with van der Waals surface area (Å²) in [6.45, 7) is 2.61. The van der Waals surface area contributed by atoms with Crippen LogP contribution in [0.4, 0.5) is 5.69 Å². The van der Waals surface area contributed by atoms with Gasteiger partial charge in [-0.2, -0.15) is 0 Å². The van der Waals surface area contributed by atoms with E-state index >= 15 is 0 Å². The lowest BCUT2D eigenvalue weighted by atomic mass is 10.1. The van der Waals surface area contributed by atoms with E-state index in [-0.39, 0.29) is 12.1 Å². The van der Waals surface area contributed by atoms with E-state index in [9.17, 15) is 4.79 Å². The Morgan fingerprint density at radius 2 is 2.00 bits per heavy atom. The average molecular weight is 468 g/mol. The number of hydrogen-bond donors (Lipinski definition) is 2. The van der Waals surface area contributed by atoms with Crippen LogP contribution in [0.2, 0.25) is 5.02 Å². The molecule has 32 heavy (non-hydrogen) atoms. The van der Waals surface area contributed by atoms with Crippen LogP contribution in [0.3, 0.4) is 0 Å². The minimum atomic E-state index is -0.193. The number of fused-ring (bicyclic) bond motifs is 1. The Balaban J connectivity index is 1.66. The van der Waals surface area contributed by atoms with Gasteiger partial charge in [0.25, 0.3) is 5.56 Å². The number of hydrogen-bond acceptors (Lipinski definition) is 4. The van der Waals surface area contributed by atoms with E-state index in [4.69, 9.17) is 33.0 Å². The van der Waals surface area contributed by atoms with Crippen molar-refractivity contribution in [1.82, 2.24) is 9.88 Å². The molecular weight excluding hydrogens is 446 g/mol. The maximum Gasteiger partial charge on any atom is 0.253 e. The molecule has 0 aliphatic heterocycles. The van der Waals surface area contributed by atoms with Gasteiger partial charge in [-0.15, -0.1) is 0 Å². The molecule has 0 amide bonds. The number of halogens is 1. The third kappa shape index (κ3) is 4.79. The van der Waals surface area contributed by atoms with Crippen molar-refractivity contribution in [2.75, 3.05) is 12.4 Å². The quantitative estimate of drug-likeness (QED) is 0.365. The van der Waals surface area contributed by atoms with Crippen LogP contribution in [-0.4, -0.2) is 22.1 Å². The van der Waals surface area contributed by atoms with Crippen molar-refractivity contribution in [2.45, 2.75) is 20.0 Å². The SMILES string of the molecule is COc1ccccc1NC(=S)N(Cc1ccco1)Cc1cc2cc(C)c(Cl)cc2[nH]c1=O. The normalized spacial score (nSPS) is 10.8. The molecule has 0 bridgehead atoms. The molecule has 0 atom stereocenters. The van der Waals surface area contributed by atoms with Crippen molar-refractivity contribution in [1.29, 1.82) is 0 Å². The van der Waals surface area contributed by atoms with Crippen LogP contribution in [0.15, 0.2) is 70.1 Å². The minimum absolute atomic E-state index is 0.193. The number of anilines is 1. The minimum Gasteiger partial charge on any atom is -0.495 e. The lowest BCUT2D eigenvalue weighted by molar-refractivity contribution is 0.359. The number of methoxy groups -OCH3 is 1. The van der Waals surface area contributed by atoms with Crippen LogP contribution >= 0.6 is 23.8 Å². The van der Waals surface area contributed by atoms with Gasteiger partial charge in [0.1, 0.15) is 11.5 Å². The van der Waals surface area contributed by atoms with Crippen molar-refractivity contribution in [3.8, 4) is 5.75 Å². The first-order chi connectivity index (χ1) is 15.4. The topological polar surface area (TPSA) is 70.5 Å². The van der Waals surface area contributed by atoms with Crippen molar-refractivity contribution in [3.63, 3.8) is 0 Å². The first kappa shape index (κ1) is 21.9. The number of pyridine rings is 1. The summed E-state index contributed by atoms with van der Waals surface area (Å²) in [5.41, 5.74) is 2.76. The molecule has 2 heterocycles. The molecule has 2 aromatic heterocycles. The highest BCUT2D eigenvalue weighted by Gasteiger charge is 2.17. The molecular formula is C24H22ClN3O3S. The van der Waals surface area contributed by atoms with Crippen LogP contribution in [-0.2, 0) is 13.1 Å². The fourth-order valence-corrected chi connectivity index (χ4v) is 3.85. The summed E-state index contributed by atoms with van der Waals surface area (Å²) >= 11 is 11.9. The highest BCUT2D eigenvalue weighted by Crippen LogP contribution is 2.25. The molecule has 0 aliphatic rings. The van der Waals surface area contributed by atoms with Gasteiger partial charge in [0.05, 0.1) is 32.1 Å². The lowest BCUT2D eigenvalue weighted by Gasteiger charge is -2.25. The van der Waals surface area contributed by atoms with Crippen LogP contribution < -0.4 is 15.6 Å². The highest BCUT2D eigenvalue weighted by atomic mass is 35.5. The number of aryl methyl sites for hydroxylation is 1. The van der Waals surface area contributed by atoms with Gasteiger partial charge in [-0.1, -0.05) is 23.7 Å². The van der Waals surface area contributed by atoms with E-state index in [2.05, 4.69) is 10.3 Å². The van der Waals surface area contributed by atoms with Gasteiger partial charge in [-0.05, 0) is 72.6 Å². The van der Waals surface area contributed by atoms with Gasteiger partial charge in [0.15, 0.2) is 5.11 Å². The number of nitrogens with one attached hydrogen (secondary N) is 2. The van der Waals surface area contributed by atoms with E-state index in [0.29, 0.717) is 33.5 Å². The molecule has 2 N–H and O–H groups in total. The maximum atomic E-state index is 12.8. The largest absolute Gasteiger partial charge is 0.495 e. The van der Waals surface area contributed by atoms with Crippen molar-refractivity contribution in [2.24, 2.45) is 0 Å². The summed E-state index contributed by atoms with van der Waals surface area (Å²) in [7, 11) is 1.60. The smallest absolute Gasteiger partial charge is 0.253 e. The van der Waals surface area contributed by atoms with Crippen LogP contribution in [0.1, 0.15) is 16.9 Å². The molecule has 0 aliphatic carbocycles. The number of benzene rings is 2. The molecule has 2 aromatic carbocycles. The van der Waals surface area contributed by atoms with Gasteiger partial charge in [-0.25, -0.2) is 0 Å². The predicted octanol–water partition coefficient (Wildman–Crippen LogP) is 5.49. The monoisotopic (exact) mass is 467 g/mol. The lowest BCUT2D eigenvalue weighted by Crippen LogP contribution is -2.35. The molecule has 0 saturated carbocycles. The molecule has 164 valence electrons. The van der Waals surface area contributed by atoms with Gasteiger partial charge >= 0.3 is 0 Å². The number of aromatic amines is 1. The zero-order valence-electron chi connectivity index (χ0n) is 17.6. The fourth-order valence-electron chi connectivity index (χ4n) is 3.44. The second-order valence-electron chi connectivity index (χ2n) is 7.38. The highest BCUT2D eigenvalue weighted by molar-refractivity contribution is 7.80. The third-order valence-electron chi connectivity index (χ3n) is 5.12. The van der Waals surface area contributed by atoms with Gasteiger partial charge < -0.3 is 24.4 Å².